The van der Waals surface area contributed by atoms with Gasteiger partial charge in [-0.25, -0.2) is 0 Å². The van der Waals surface area contributed by atoms with E-state index in [0.717, 1.165) is 23.3 Å². The van der Waals surface area contributed by atoms with Gasteiger partial charge in [0.25, 0.3) is 0 Å². The zero-order chi connectivity index (χ0) is 15.4. The predicted octanol–water partition coefficient (Wildman–Crippen LogP) is 1.81. The van der Waals surface area contributed by atoms with E-state index < -0.39 is 0 Å². The number of ether oxygens (including phenoxy) is 2. The van der Waals surface area contributed by atoms with E-state index in [2.05, 4.69) is 16.4 Å². The van der Waals surface area contributed by atoms with Crippen LogP contribution in [0, 0.1) is 0 Å². The first-order chi connectivity index (χ1) is 10.8. The third-order valence-electron chi connectivity index (χ3n) is 3.62. The number of carbonyl (C=O) groups is 1. The maximum atomic E-state index is 11.5. The summed E-state index contributed by atoms with van der Waals surface area (Å²) in [6.45, 7) is 0.550. The number of fused-ring (bicyclic) bond motifs is 1. The molecule has 0 fully saturated rings. The quantitative estimate of drug-likeness (QED) is 0.914. The van der Waals surface area contributed by atoms with Crippen LogP contribution in [0.5, 0.6) is 5.75 Å². The van der Waals surface area contributed by atoms with E-state index >= 15 is 0 Å². The molecule has 2 aromatic rings. The summed E-state index contributed by atoms with van der Waals surface area (Å²) in [6, 6.07) is 10.1. The first-order valence-electron chi connectivity index (χ1n) is 7.22. The van der Waals surface area contributed by atoms with E-state index in [-0.39, 0.29) is 18.6 Å². The molecule has 0 bridgehead atoms. The minimum Gasteiger partial charge on any atom is -0.487 e. The normalized spacial score (nSPS) is 16.0. The highest BCUT2D eigenvalue weighted by atomic mass is 16.5. The van der Waals surface area contributed by atoms with E-state index in [0.29, 0.717) is 6.54 Å². The number of hydrogen-bond donors (Lipinski definition) is 1. The van der Waals surface area contributed by atoms with Crippen molar-refractivity contribution < 1.29 is 14.3 Å². The molecule has 1 aromatic heterocycles. The highest BCUT2D eigenvalue weighted by Crippen LogP contribution is 2.38. The molecule has 5 nitrogen and oxygen atoms in total. The molecule has 1 aromatic carbocycles. The maximum Gasteiger partial charge on any atom is 0.246 e. The van der Waals surface area contributed by atoms with Gasteiger partial charge in [-0.3, -0.25) is 9.78 Å². The number of amides is 1. The van der Waals surface area contributed by atoms with Crippen LogP contribution in [0.25, 0.3) is 11.1 Å². The lowest BCUT2D eigenvalue weighted by Crippen LogP contribution is -2.36. The summed E-state index contributed by atoms with van der Waals surface area (Å²) in [4.78, 5) is 15.5. The summed E-state index contributed by atoms with van der Waals surface area (Å²) in [5.74, 6) is 0.774. The SMILES string of the molecule is COCC(=O)NCC1Cc2cccc(-c3ccncc3)c2O1. The van der Waals surface area contributed by atoms with Crippen molar-refractivity contribution >= 4 is 5.91 Å². The molecule has 1 aliphatic rings. The summed E-state index contributed by atoms with van der Waals surface area (Å²) in [6.07, 6.45) is 4.29. The zero-order valence-corrected chi connectivity index (χ0v) is 12.4. The van der Waals surface area contributed by atoms with Gasteiger partial charge in [0.15, 0.2) is 0 Å². The van der Waals surface area contributed by atoms with E-state index in [1.54, 1.807) is 12.4 Å². The minimum absolute atomic E-state index is 0.0428. The van der Waals surface area contributed by atoms with Gasteiger partial charge < -0.3 is 14.8 Å². The molecule has 0 aliphatic carbocycles. The van der Waals surface area contributed by atoms with Crippen LogP contribution in [-0.4, -0.2) is 37.3 Å². The average molecular weight is 298 g/mol. The van der Waals surface area contributed by atoms with E-state index in [1.807, 2.05) is 24.3 Å². The van der Waals surface area contributed by atoms with Crippen LogP contribution in [0.3, 0.4) is 0 Å². The molecule has 1 amide bonds. The second kappa shape index (κ2) is 6.58. The molecule has 0 saturated carbocycles. The average Bonchev–Trinajstić information content (AvgIpc) is 2.97. The lowest BCUT2D eigenvalue weighted by Gasteiger charge is -2.13. The lowest BCUT2D eigenvalue weighted by atomic mass is 10.0. The third kappa shape index (κ3) is 3.09. The summed E-state index contributed by atoms with van der Waals surface area (Å²) in [5.41, 5.74) is 3.31. The van der Waals surface area contributed by atoms with E-state index in [9.17, 15) is 4.79 Å². The van der Waals surface area contributed by atoms with Crippen LogP contribution in [0.1, 0.15) is 5.56 Å². The number of hydrogen-bond acceptors (Lipinski definition) is 4. The zero-order valence-electron chi connectivity index (χ0n) is 12.4. The number of methoxy groups -OCH3 is 1. The highest BCUT2D eigenvalue weighted by Gasteiger charge is 2.25. The predicted molar refractivity (Wildman–Crippen MR) is 82.7 cm³/mol. The smallest absolute Gasteiger partial charge is 0.246 e. The molecular weight excluding hydrogens is 280 g/mol. The number of benzene rings is 1. The van der Waals surface area contributed by atoms with Crippen LogP contribution in [0.15, 0.2) is 42.7 Å². The fourth-order valence-corrected chi connectivity index (χ4v) is 2.62. The monoisotopic (exact) mass is 298 g/mol. The molecule has 0 radical (unpaired) electrons. The van der Waals surface area contributed by atoms with E-state index in [4.69, 9.17) is 9.47 Å². The number of nitrogens with one attached hydrogen (secondary N) is 1. The molecule has 114 valence electrons. The van der Waals surface area contributed by atoms with Crippen LogP contribution in [0.4, 0.5) is 0 Å². The Morgan fingerprint density at radius 3 is 2.95 bits per heavy atom. The Morgan fingerprint density at radius 1 is 1.36 bits per heavy atom. The first-order valence-corrected chi connectivity index (χ1v) is 7.22. The summed E-state index contributed by atoms with van der Waals surface area (Å²) in [7, 11) is 1.50. The molecule has 1 atom stereocenters. The van der Waals surface area contributed by atoms with Crippen molar-refractivity contribution in [3.05, 3.63) is 48.3 Å². The van der Waals surface area contributed by atoms with Crippen molar-refractivity contribution in [2.75, 3.05) is 20.3 Å². The number of rotatable bonds is 5. The van der Waals surface area contributed by atoms with Crippen molar-refractivity contribution in [1.29, 1.82) is 0 Å². The molecule has 0 saturated heterocycles. The van der Waals surface area contributed by atoms with Crippen LogP contribution in [0.2, 0.25) is 0 Å². The third-order valence-corrected chi connectivity index (χ3v) is 3.62. The summed E-state index contributed by atoms with van der Waals surface area (Å²) in [5, 5.41) is 2.82. The minimum atomic E-state index is -0.128. The topological polar surface area (TPSA) is 60.5 Å². The molecule has 5 heteroatoms. The van der Waals surface area contributed by atoms with E-state index in [1.165, 1.54) is 12.7 Å². The van der Waals surface area contributed by atoms with Crippen LogP contribution >= 0.6 is 0 Å². The summed E-state index contributed by atoms with van der Waals surface area (Å²) >= 11 is 0. The number of pyridine rings is 1. The molecular formula is C17H18N2O3. The Labute approximate surface area is 129 Å². The number of nitrogens with zero attached hydrogens (tertiary/aromatic N) is 1. The van der Waals surface area contributed by atoms with Gasteiger partial charge >= 0.3 is 0 Å². The number of para-hydroxylation sites is 1. The van der Waals surface area contributed by atoms with Gasteiger partial charge in [-0.15, -0.1) is 0 Å². The Morgan fingerprint density at radius 2 is 2.18 bits per heavy atom. The molecule has 0 spiro atoms. The van der Waals surface area contributed by atoms with Crippen molar-refractivity contribution in [2.24, 2.45) is 0 Å². The van der Waals surface area contributed by atoms with Gasteiger partial charge in [-0.1, -0.05) is 18.2 Å². The van der Waals surface area contributed by atoms with Crippen molar-refractivity contribution in [1.82, 2.24) is 10.3 Å². The second-order valence-corrected chi connectivity index (χ2v) is 5.21. The maximum absolute atomic E-state index is 11.5. The fraction of sp³-hybridized carbons (Fsp3) is 0.294. The van der Waals surface area contributed by atoms with Gasteiger partial charge in [0, 0.05) is 31.5 Å². The molecule has 1 N–H and O–H groups in total. The Balaban J connectivity index is 1.72. The van der Waals surface area contributed by atoms with Crippen molar-refractivity contribution in [2.45, 2.75) is 12.5 Å². The van der Waals surface area contributed by atoms with Crippen molar-refractivity contribution in [3.8, 4) is 16.9 Å². The van der Waals surface area contributed by atoms with Gasteiger partial charge in [0.05, 0.1) is 6.54 Å². The summed E-state index contributed by atoms with van der Waals surface area (Å²) < 4.78 is 10.8. The Bertz CT molecular complexity index is 658. The molecule has 2 heterocycles. The number of carbonyl (C=O) groups excluding carboxylic acids is 1. The van der Waals surface area contributed by atoms with Gasteiger partial charge in [-0.2, -0.15) is 0 Å². The van der Waals surface area contributed by atoms with Gasteiger partial charge in [0.2, 0.25) is 5.91 Å². The first kappa shape index (κ1) is 14.5. The molecule has 1 aliphatic heterocycles. The standard InChI is InChI=1S/C17H18N2O3/c1-21-11-16(20)19-10-14-9-13-3-2-4-15(17(13)22-14)12-5-7-18-8-6-12/h2-8,14H,9-11H2,1H3,(H,19,20). The molecule has 22 heavy (non-hydrogen) atoms. The highest BCUT2D eigenvalue weighted by molar-refractivity contribution is 5.77. The van der Waals surface area contributed by atoms with Gasteiger partial charge in [-0.05, 0) is 23.3 Å². The second-order valence-electron chi connectivity index (χ2n) is 5.21. The molecule has 1 unspecified atom stereocenters. The lowest BCUT2D eigenvalue weighted by molar-refractivity contribution is -0.125. The fourth-order valence-electron chi connectivity index (χ4n) is 2.62. The van der Waals surface area contributed by atoms with Gasteiger partial charge in [0.1, 0.15) is 18.5 Å². The number of aromatic nitrogens is 1. The Kier molecular flexibility index (Phi) is 4.34. The van der Waals surface area contributed by atoms with Crippen LogP contribution in [-0.2, 0) is 16.0 Å². The van der Waals surface area contributed by atoms with Crippen LogP contribution < -0.4 is 10.1 Å². The van der Waals surface area contributed by atoms with Crippen molar-refractivity contribution in [3.63, 3.8) is 0 Å². The Hall–Kier alpha value is -2.40. The largest absolute Gasteiger partial charge is 0.487 e. The molecule has 3 rings (SSSR count).